The van der Waals surface area contributed by atoms with E-state index in [0.29, 0.717) is 35.3 Å². The second-order valence-corrected chi connectivity index (χ2v) is 8.00. The molecule has 0 bridgehead atoms. The number of nitrogens with two attached hydrogens (primary N) is 1. The van der Waals surface area contributed by atoms with Crippen molar-refractivity contribution in [3.05, 3.63) is 23.8 Å². The fourth-order valence-corrected chi connectivity index (χ4v) is 4.05. The number of unbranched alkanes of at least 4 members (excludes halogenated alkanes) is 1. The maximum absolute atomic E-state index is 14.2. The zero-order valence-corrected chi connectivity index (χ0v) is 17.9. The van der Waals surface area contributed by atoms with E-state index >= 15 is 0 Å². The molecule has 1 atom stereocenters. The van der Waals surface area contributed by atoms with Crippen LogP contribution in [0.15, 0.2) is 12.1 Å². The Hall–Kier alpha value is -3.01. The smallest absolute Gasteiger partial charge is 0.226 e. The van der Waals surface area contributed by atoms with Crippen molar-refractivity contribution in [1.29, 1.82) is 0 Å². The minimum Gasteiger partial charge on any atom is -0.494 e. The highest BCUT2D eigenvalue weighted by molar-refractivity contribution is 5.93. The molecule has 1 aliphatic heterocycles. The fraction of sp³-hybridized carbons (Fsp3) is 0.524. The lowest BCUT2D eigenvalue weighted by Crippen LogP contribution is -2.41. The molecule has 0 unspecified atom stereocenters. The number of hydrogen-bond acceptors (Lipinski definition) is 7. The summed E-state index contributed by atoms with van der Waals surface area (Å²) in [5, 5.41) is 8.25. The van der Waals surface area contributed by atoms with Gasteiger partial charge in [0.2, 0.25) is 11.9 Å². The number of rotatable bonds is 7. The molecular weight excluding hydrogens is 401 g/mol. The number of fused-ring (bicyclic) bond motifs is 3. The summed E-state index contributed by atoms with van der Waals surface area (Å²) in [4.78, 5) is 23.2. The molecule has 0 radical (unpaired) electrons. The van der Waals surface area contributed by atoms with Crippen LogP contribution >= 0.6 is 0 Å². The maximum Gasteiger partial charge on any atom is 0.226 e. The van der Waals surface area contributed by atoms with Gasteiger partial charge in [0.15, 0.2) is 23.0 Å². The largest absolute Gasteiger partial charge is 0.494 e. The first-order chi connectivity index (χ1) is 15.0. The van der Waals surface area contributed by atoms with Crippen molar-refractivity contribution in [3.8, 4) is 5.75 Å². The third-order valence-corrected chi connectivity index (χ3v) is 5.78. The summed E-state index contributed by atoms with van der Waals surface area (Å²) in [5.41, 5.74) is 7.00. The molecule has 0 aliphatic carbocycles. The predicted molar refractivity (Wildman–Crippen MR) is 115 cm³/mol. The average molecular weight is 430 g/mol. The van der Waals surface area contributed by atoms with Crippen LogP contribution < -0.4 is 15.8 Å². The quantitative estimate of drug-likeness (QED) is 0.551. The van der Waals surface area contributed by atoms with Crippen molar-refractivity contribution in [2.75, 3.05) is 39.5 Å². The Bertz CT molecular complexity index is 1090. The molecular formula is C21H28FN7O2. The molecule has 1 fully saturated rings. The molecule has 4 rings (SSSR count). The van der Waals surface area contributed by atoms with Crippen LogP contribution in [0.25, 0.3) is 16.6 Å². The number of hydrogen-bond donors (Lipinski definition) is 2. The first kappa shape index (κ1) is 21.2. The van der Waals surface area contributed by atoms with Crippen molar-refractivity contribution >= 4 is 28.4 Å². The highest BCUT2D eigenvalue weighted by Crippen LogP contribution is 2.27. The number of carbonyl (C=O) groups excluding carboxylic acids is 1. The van der Waals surface area contributed by atoms with Gasteiger partial charge in [-0.2, -0.15) is 4.52 Å². The van der Waals surface area contributed by atoms with E-state index in [1.54, 1.807) is 0 Å². The van der Waals surface area contributed by atoms with E-state index in [9.17, 15) is 9.18 Å². The first-order valence-corrected chi connectivity index (χ1v) is 10.6. The molecule has 0 spiro atoms. The normalized spacial score (nSPS) is 16.7. The molecule has 1 aliphatic rings. The average Bonchev–Trinajstić information content (AvgIpc) is 3.22. The number of piperidine rings is 1. The van der Waals surface area contributed by atoms with Crippen LogP contribution in [0.3, 0.4) is 0 Å². The molecule has 10 heteroatoms. The van der Waals surface area contributed by atoms with Gasteiger partial charge in [0.05, 0.1) is 18.5 Å². The number of aryl methyl sites for hydroxylation is 1. The number of benzene rings is 1. The van der Waals surface area contributed by atoms with E-state index in [4.69, 9.17) is 10.5 Å². The van der Waals surface area contributed by atoms with Gasteiger partial charge < -0.3 is 20.7 Å². The Kier molecular flexibility index (Phi) is 6.17. The van der Waals surface area contributed by atoms with Gasteiger partial charge in [0, 0.05) is 38.0 Å². The van der Waals surface area contributed by atoms with Gasteiger partial charge in [0.25, 0.3) is 0 Å². The fourth-order valence-electron chi connectivity index (χ4n) is 4.05. The Morgan fingerprint density at radius 1 is 1.39 bits per heavy atom. The van der Waals surface area contributed by atoms with Crippen molar-refractivity contribution in [1.82, 2.24) is 29.8 Å². The van der Waals surface area contributed by atoms with E-state index in [-0.39, 0.29) is 23.5 Å². The van der Waals surface area contributed by atoms with Gasteiger partial charge in [-0.1, -0.05) is 0 Å². The van der Waals surface area contributed by atoms with Crippen LogP contribution in [0, 0.1) is 11.7 Å². The van der Waals surface area contributed by atoms with E-state index in [0.717, 1.165) is 38.8 Å². The van der Waals surface area contributed by atoms with E-state index in [2.05, 4.69) is 20.4 Å². The van der Waals surface area contributed by atoms with Crippen LogP contribution in [0.5, 0.6) is 5.75 Å². The van der Waals surface area contributed by atoms with Crippen LogP contribution in [0.1, 0.15) is 31.5 Å². The standard InChI is InChI=1S/C21H28FN7O2/c1-28(20(30)13-6-5-8-24-12-13)9-4-3-7-18-26-19-14-10-15(22)17(31-2)11-16(14)25-21(23)29(19)27-18/h10-11,13,24H,3-9,12H2,1-2H3,(H2,23,25)/t13-/m0/s1. The summed E-state index contributed by atoms with van der Waals surface area (Å²) >= 11 is 0. The third-order valence-electron chi connectivity index (χ3n) is 5.78. The monoisotopic (exact) mass is 429 g/mol. The second-order valence-electron chi connectivity index (χ2n) is 8.00. The third kappa shape index (κ3) is 4.39. The van der Waals surface area contributed by atoms with Crippen molar-refractivity contribution in [2.45, 2.75) is 32.1 Å². The van der Waals surface area contributed by atoms with Gasteiger partial charge in [-0.3, -0.25) is 4.79 Å². The topological polar surface area (TPSA) is 111 Å². The van der Waals surface area contributed by atoms with E-state index < -0.39 is 5.82 Å². The highest BCUT2D eigenvalue weighted by atomic mass is 19.1. The molecule has 9 nitrogen and oxygen atoms in total. The lowest BCUT2D eigenvalue weighted by atomic mass is 9.98. The predicted octanol–water partition coefficient (Wildman–Crippen LogP) is 1.79. The molecule has 3 N–H and O–H groups in total. The minimum atomic E-state index is -0.492. The molecule has 1 saturated heterocycles. The molecule has 166 valence electrons. The van der Waals surface area contributed by atoms with E-state index in [1.807, 2.05) is 11.9 Å². The van der Waals surface area contributed by atoms with Crippen LogP contribution in [-0.4, -0.2) is 64.2 Å². The number of carbonyl (C=O) groups is 1. The highest BCUT2D eigenvalue weighted by Gasteiger charge is 2.23. The van der Waals surface area contributed by atoms with Crippen LogP contribution in [-0.2, 0) is 11.2 Å². The summed E-state index contributed by atoms with van der Waals surface area (Å²) in [6.45, 7) is 2.46. The van der Waals surface area contributed by atoms with Gasteiger partial charge in [-0.05, 0) is 38.3 Å². The SMILES string of the molecule is COc1cc2nc(N)n3nc(CCCCN(C)C(=O)[C@H]4CCCNC4)nc3c2cc1F. The first-order valence-electron chi connectivity index (χ1n) is 10.6. The summed E-state index contributed by atoms with van der Waals surface area (Å²) in [6, 6.07) is 2.85. The summed E-state index contributed by atoms with van der Waals surface area (Å²) in [6.07, 6.45) is 4.31. The Labute approximate surface area is 179 Å². The van der Waals surface area contributed by atoms with Crippen LogP contribution in [0.2, 0.25) is 0 Å². The van der Waals surface area contributed by atoms with Gasteiger partial charge in [-0.25, -0.2) is 14.4 Å². The molecule has 1 amide bonds. The lowest BCUT2D eigenvalue weighted by Gasteiger charge is -2.27. The number of amides is 1. The maximum atomic E-state index is 14.2. The number of anilines is 1. The molecule has 2 aromatic heterocycles. The van der Waals surface area contributed by atoms with Gasteiger partial charge in [-0.15, -0.1) is 5.10 Å². The molecule has 0 saturated carbocycles. The molecule has 1 aromatic carbocycles. The number of aromatic nitrogens is 4. The van der Waals surface area contributed by atoms with Crippen LogP contribution in [0.4, 0.5) is 10.3 Å². The molecule has 3 aromatic rings. The summed E-state index contributed by atoms with van der Waals surface area (Å²) in [5.74, 6) is 0.700. The lowest BCUT2D eigenvalue weighted by molar-refractivity contribution is -0.134. The molecule has 3 heterocycles. The zero-order chi connectivity index (χ0) is 22.0. The van der Waals surface area contributed by atoms with Crippen molar-refractivity contribution < 1.29 is 13.9 Å². The number of nitrogens with zero attached hydrogens (tertiary/aromatic N) is 5. The molecule has 31 heavy (non-hydrogen) atoms. The second kappa shape index (κ2) is 9.01. The zero-order valence-electron chi connectivity index (χ0n) is 17.9. The number of methoxy groups -OCH3 is 1. The van der Waals surface area contributed by atoms with Crippen molar-refractivity contribution in [3.63, 3.8) is 0 Å². The van der Waals surface area contributed by atoms with E-state index in [1.165, 1.54) is 23.8 Å². The van der Waals surface area contributed by atoms with Gasteiger partial charge >= 0.3 is 0 Å². The number of nitrogens with one attached hydrogen (secondary N) is 1. The van der Waals surface area contributed by atoms with Crippen molar-refractivity contribution in [2.24, 2.45) is 5.92 Å². The Morgan fingerprint density at radius 2 is 2.23 bits per heavy atom. The Balaban J connectivity index is 1.41. The number of halogens is 1. The van der Waals surface area contributed by atoms with Gasteiger partial charge in [0.1, 0.15) is 0 Å². The number of ether oxygens (including phenoxy) is 1. The Morgan fingerprint density at radius 3 is 2.97 bits per heavy atom. The summed E-state index contributed by atoms with van der Waals surface area (Å²) < 4.78 is 20.7. The summed E-state index contributed by atoms with van der Waals surface area (Å²) in [7, 11) is 3.26. The minimum absolute atomic E-state index is 0.0848. The number of nitrogen functional groups attached to an aromatic ring is 1.